The third-order valence-corrected chi connectivity index (χ3v) is 4.29. The number of hydrogen-bond donors (Lipinski definition) is 1. The second-order valence-electron chi connectivity index (χ2n) is 5.11. The molecular weight excluding hydrogens is 272 g/mol. The van der Waals surface area contributed by atoms with Gasteiger partial charge in [-0.3, -0.25) is 4.79 Å². The predicted octanol–water partition coefficient (Wildman–Crippen LogP) is 3.41. The van der Waals surface area contributed by atoms with E-state index in [0.717, 1.165) is 28.4 Å². The average molecular weight is 288 g/mol. The van der Waals surface area contributed by atoms with Gasteiger partial charge in [-0.1, -0.05) is 6.92 Å². The van der Waals surface area contributed by atoms with Crippen LogP contribution in [-0.4, -0.2) is 17.4 Å². The summed E-state index contributed by atoms with van der Waals surface area (Å²) in [4.78, 5) is 11.9. The maximum Gasteiger partial charge on any atom is 0.228 e. The van der Waals surface area contributed by atoms with Crippen LogP contribution in [0.3, 0.4) is 0 Å². The highest BCUT2D eigenvalue weighted by Gasteiger charge is 2.39. The van der Waals surface area contributed by atoms with Gasteiger partial charge in [0.2, 0.25) is 5.91 Å². The van der Waals surface area contributed by atoms with E-state index < -0.39 is 0 Å². The van der Waals surface area contributed by atoms with Gasteiger partial charge in [0, 0.05) is 17.5 Å². The molecule has 1 fully saturated rings. The molecule has 5 heteroatoms. The first-order chi connectivity index (χ1) is 9.67. The van der Waals surface area contributed by atoms with E-state index in [-0.39, 0.29) is 11.8 Å². The standard InChI is InChI=1S/C15H16N2O2S/c1-9-7-12(9)15(18)16-14-8-13(17-20-14)10-3-5-11(19-2)6-4-10/h3-6,8-9,12H,7H2,1-2H3,(H,16,18)/t9?,12-/m1/s1. The molecule has 104 valence electrons. The van der Waals surface area contributed by atoms with Crippen molar-refractivity contribution in [3.05, 3.63) is 30.3 Å². The number of nitrogens with zero attached hydrogens (tertiary/aromatic N) is 1. The zero-order valence-corrected chi connectivity index (χ0v) is 12.2. The normalized spacial score (nSPS) is 20.5. The van der Waals surface area contributed by atoms with E-state index in [1.165, 1.54) is 11.5 Å². The van der Waals surface area contributed by atoms with E-state index in [4.69, 9.17) is 4.74 Å². The van der Waals surface area contributed by atoms with Crippen molar-refractivity contribution in [3.8, 4) is 17.0 Å². The Bertz CT molecular complexity index is 621. The SMILES string of the molecule is COc1ccc(-c2cc(NC(=O)[C@@H]3CC3C)sn2)cc1. The number of methoxy groups -OCH3 is 1. The molecular formula is C15H16N2O2S. The van der Waals surface area contributed by atoms with Crippen LogP contribution in [0.4, 0.5) is 5.00 Å². The number of anilines is 1. The summed E-state index contributed by atoms with van der Waals surface area (Å²) in [5.41, 5.74) is 1.89. The van der Waals surface area contributed by atoms with E-state index in [9.17, 15) is 4.79 Å². The van der Waals surface area contributed by atoms with Crippen molar-refractivity contribution in [2.24, 2.45) is 11.8 Å². The molecule has 3 rings (SSSR count). The number of rotatable bonds is 4. The molecule has 1 amide bonds. The molecule has 1 aromatic carbocycles. The Morgan fingerprint density at radius 2 is 2.10 bits per heavy atom. The van der Waals surface area contributed by atoms with Gasteiger partial charge in [-0.15, -0.1) is 0 Å². The van der Waals surface area contributed by atoms with E-state index in [0.29, 0.717) is 5.92 Å². The lowest BCUT2D eigenvalue weighted by molar-refractivity contribution is -0.117. The topological polar surface area (TPSA) is 51.2 Å². The van der Waals surface area contributed by atoms with Gasteiger partial charge in [-0.05, 0) is 48.1 Å². The molecule has 1 aliphatic rings. The Morgan fingerprint density at radius 3 is 2.70 bits per heavy atom. The van der Waals surface area contributed by atoms with E-state index in [1.54, 1.807) is 7.11 Å². The highest BCUT2D eigenvalue weighted by Crippen LogP contribution is 2.39. The predicted molar refractivity (Wildman–Crippen MR) is 80.0 cm³/mol. The zero-order valence-electron chi connectivity index (χ0n) is 11.4. The molecule has 0 bridgehead atoms. The summed E-state index contributed by atoms with van der Waals surface area (Å²) in [6.45, 7) is 2.10. The zero-order chi connectivity index (χ0) is 14.1. The van der Waals surface area contributed by atoms with Gasteiger partial charge in [0.25, 0.3) is 0 Å². The number of carbonyl (C=O) groups is 1. The molecule has 1 heterocycles. The van der Waals surface area contributed by atoms with Gasteiger partial charge < -0.3 is 10.1 Å². The molecule has 0 spiro atoms. The van der Waals surface area contributed by atoms with Crippen molar-refractivity contribution < 1.29 is 9.53 Å². The summed E-state index contributed by atoms with van der Waals surface area (Å²) in [6.07, 6.45) is 0.996. The number of nitrogens with one attached hydrogen (secondary N) is 1. The summed E-state index contributed by atoms with van der Waals surface area (Å²) < 4.78 is 9.51. The molecule has 0 saturated heterocycles. The fourth-order valence-corrected chi connectivity index (χ4v) is 2.80. The maximum absolute atomic E-state index is 11.9. The van der Waals surface area contributed by atoms with Crippen LogP contribution in [0.2, 0.25) is 0 Å². The first-order valence-electron chi connectivity index (χ1n) is 6.59. The minimum absolute atomic E-state index is 0.113. The van der Waals surface area contributed by atoms with Crippen molar-refractivity contribution in [3.63, 3.8) is 0 Å². The summed E-state index contributed by atoms with van der Waals surface area (Å²) in [6, 6.07) is 9.64. The quantitative estimate of drug-likeness (QED) is 0.938. The minimum Gasteiger partial charge on any atom is -0.497 e. The summed E-state index contributed by atoms with van der Waals surface area (Å²) in [5, 5.41) is 3.74. The third-order valence-electron chi connectivity index (χ3n) is 3.59. The Balaban J connectivity index is 1.70. The van der Waals surface area contributed by atoms with Gasteiger partial charge in [0.15, 0.2) is 0 Å². The lowest BCUT2D eigenvalue weighted by Gasteiger charge is -2.00. The molecule has 2 aromatic rings. The van der Waals surface area contributed by atoms with Crippen molar-refractivity contribution in [1.29, 1.82) is 0 Å². The summed E-state index contributed by atoms with van der Waals surface area (Å²) >= 11 is 1.32. The van der Waals surface area contributed by atoms with E-state index in [1.807, 2.05) is 30.3 Å². The van der Waals surface area contributed by atoms with Crippen LogP contribution in [-0.2, 0) is 4.79 Å². The van der Waals surface area contributed by atoms with E-state index >= 15 is 0 Å². The van der Waals surface area contributed by atoms with Gasteiger partial charge in [-0.25, -0.2) is 0 Å². The minimum atomic E-state index is 0.113. The molecule has 0 aliphatic heterocycles. The smallest absolute Gasteiger partial charge is 0.228 e. The van der Waals surface area contributed by atoms with Gasteiger partial charge >= 0.3 is 0 Å². The van der Waals surface area contributed by atoms with Crippen LogP contribution in [0, 0.1) is 11.8 Å². The van der Waals surface area contributed by atoms with Crippen LogP contribution in [0.1, 0.15) is 13.3 Å². The number of hydrogen-bond acceptors (Lipinski definition) is 4. The maximum atomic E-state index is 11.9. The van der Waals surface area contributed by atoms with Crippen LogP contribution in [0.5, 0.6) is 5.75 Å². The van der Waals surface area contributed by atoms with Crippen molar-refractivity contribution in [1.82, 2.24) is 4.37 Å². The van der Waals surface area contributed by atoms with Crippen molar-refractivity contribution >= 4 is 22.4 Å². The Morgan fingerprint density at radius 1 is 1.40 bits per heavy atom. The van der Waals surface area contributed by atoms with Crippen molar-refractivity contribution in [2.45, 2.75) is 13.3 Å². The third kappa shape index (κ3) is 2.67. The Labute approximate surface area is 121 Å². The molecule has 1 unspecified atom stereocenters. The first-order valence-corrected chi connectivity index (χ1v) is 7.36. The first kappa shape index (κ1) is 13.1. The Hall–Kier alpha value is -1.88. The molecule has 0 radical (unpaired) electrons. The Kier molecular flexibility index (Phi) is 3.44. The number of amides is 1. The molecule has 4 nitrogen and oxygen atoms in total. The van der Waals surface area contributed by atoms with E-state index in [2.05, 4.69) is 16.6 Å². The van der Waals surface area contributed by atoms with Crippen molar-refractivity contribution in [2.75, 3.05) is 12.4 Å². The monoisotopic (exact) mass is 288 g/mol. The number of carbonyl (C=O) groups excluding carboxylic acids is 1. The van der Waals surface area contributed by atoms with Crippen LogP contribution >= 0.6 is 11.5 Å². The fourth-order valence-electron chi connectivity index (χ4n) is 2.13. The van der Waals surface area contributed by atoms with Crippen LogP contribution in [0.25, 0.3) is 11.3 Å². The average Bonchev–Trinajstić information content (AvgIpc) is 3.02. The highest BCUT2D eigenvalue weighted by atomic mass is 32.1. The number of ether oxygens (including phenoxy) is 1. The van der Waals surface area contributed by atoms with Crippen LogP contribution < -0.4 is 10.1 Å². The van der Waals surface area contributed by atoms with Crippen LogP contribution in [0.15, 0.2) is 30.3 Å². The van der Waals surface area contributed by atoms with Gasteiger partial charge in [0.05, 0.1) is 12.8 Å². The van der Waals surface area contributed by atoms with Gasteiger partial charge in [-0.2, -0.15) is 4.37 Å². The number of aromatic nitrogens is 1. The number of benzene rings is 1. The molecule has 1 N–H and O–H groups in total. The molecule has 1 saturated carbocycles. The lowest BCUT2D eigenvalue weighted by atomic mass is 10.1. The summed E-state index contributed by atoms with van der Waals surface area (Å²) in [7, 11) is 1.64. The molecule has 20 heavy (non-hydrogen) atoms. The summed E-state index contributed by atoms with van der Waals surface area (Å²) in [5.74, 6) is 1.63. The molecule has 1 aromatic heterocycles. The van der Waals surface area contributed by atoms with Gasteiger partial charge in [0.1, 0.15) is 10.8 Å². The second-order valence-corrected chi connectivity index (χ2v) is 5.92. The molecule has 2 atom stereocenters. The molecule has 1 aliphatic carbocycles. The fraction of sp³-hybridized carbons (Fsp3) is 0.333. The lowest BCUT2D eigenvalue weighted by Crippen LogP contribution is -2.13. The second kappa shape index (κ2) is 5.25. The highest BCUT2D eigenvalue weighted by molar-refractivity contribution is 7.10. The largest absolute Gasteiger partial charge is 0.497 e.